The molecule has 110 valence electrons. The molecule has 1 aromatic carbocycles. The zero-order valence-corrected chi connectivity index (χ0v) is 12.4. The Labute approximate surface area is 120 Å². The fraction of sp³-hybridized carbons (Fsp3) is 0.647. The molecule has 2 aliphatic rings. The third-order valence-corrected chi connectivity index (χ3v) is 4.93. The van der Waals surface area contributed by atoms with Crippen LogP contribution in [0.5, 0.6) is 0 Å². The van der Waals surface area contributed by atoms with Crippen molar-refractivity contribution in [2.45, 2.75) is 38.7 Å². The number of rotatable bonds is 5. The van der Waals surface area contributed by atoms with Crippen LogP contribution in [0.1, 0.15) is 30.4 Å². The normalized spacial score (nSPS) is 29.9. The predicted octanol–water partition coefficient (Wildman–Crippen LogP) is 3.08. The number of ether oxygens (including phenoxy) is 1. The van der Waals surface area contributed by atoms with Crippen LogP contribution in [-0.2, 0) is 11.2 Å². The number of aryl methyl sites for hydroxylation is 1. The van der Waals surface area contributed by atoms with Crippen LogP contribution in [0.2, 0.25) is 0 Å². The average molecular weight is 277 g/mol. The molecule has 0 aromatic heterocycles. The molecule has 1 saturated carbocycles. The summed E-state index contributed by atoms with van der Waals surface area (Å²) in [4.78, 5) is 0. The molecule has 2 fully saturated rings. The van der Waals surface area contributed by atoms with Crippen LogP contribution < -0.4 is 5.32 Å². The van der Waals surface area contributed by atoms with Gasteiger partial charge in [-0.3, -0.25) is 0 Å². The second-order valence-corrected chi connectivity index (χ2v) is 6.52. The SMILES string of the molecule is CNCC1(Cc2ccc(F)cc2C)CCOC1C1CC1. The first kappa shape index (κ1) is 14.0. The van der Waals surface area contributed by atoms with Gasteiger partial charge in [0.15, 0.2) is 0 Å². The Hall–Kier alpha value is -0.930. The van der Waals surface area contributed by atoms with Gasteiger partial charge >= 0.3 is 0 Å². The lowest BCUT2D eigenvalue weighted by molar-refractivity contribution is 0.0314. The molecule has 1 aliphatic carbocycles. The van der Waals surface area contributed by atoms with E-state index in [4.69, 9.17) is 4.74 Å². The highest BCUT2D eigenvalue weighted by atomic mass is 19.1. The summed E-state index contributed by atoms with van der Waals surface area (Å²) in [6, 6.07) is 5.17. The van der Waals surface area contributed by atoms with Crippen molar-refractivity contribution in [3.8, 4) is 0 Å². The summed E-state index contributed by atoms with van der Waals surface area (Å²) in [7, 11) is 2.02. The predicted molar refractivity (Wildman–Crippen MR) is 78.3 cm³/mol. The molecule has 20 heavy (non-hydrogen) atoms. The third-order valence-electron chi connectivity index (χ3n) is 4.93. The Morgan fingerprint density at radius 1 is 1.40 bits per heavy atom. The molecule has 2 unspecified atom stereocenters. The van der Waals surface area contributed by atoms with Crippen molar-refractivity contribution < 1.29 is 9.13 Å². The van der Waals surface area contributed by atoms with Gasteiger partial charge in [-0.1, -0.05) is 6.07 Å². The maximum atomic E-state index is 13.3. The van der Waals surface area contributed by atoms with E-state index in [9.17, 15) is 4.39 Å². The summed E-state index contributed by atoms with van der Waals surface area (Å²) in [5.41, 5.74) is 2.50. The summed E-state index contributed by atoms with van der Waals surface area (Å²) < 4.78 is 19.3. The van der Waals surface area contributed by atoms with Crippen LogP contribution in [0.15, 0.2) is 18.2 Å². The van der Waals surface area contributed by atoms with E-state index in [0.717, 1.165) is 37.5 Å². The monoisotopic (exact) mass is 277 g/mol. The van der Waals surface area contributed by atoms with Crippen molar-refractivity contribution >= 4 is 0 Å². The second-order valence-electron chi connectivity index (χ2n) is 6.52. The molecular weight excluding hydrogens is 253 g/mol. The fourth-order valence-electron chi connectivity index (χ4n) is 3.77. The van der Waals surface area contributed by atoms with Crippen molar-refractivity contribution in [1.82, 2.24) is 5.32 Å². The Morgan fingerprint density at radius 2 is 2.20 bits per heavy atom. The van der Waals surface area contributed by atoms with Crippen LogP contribution in [0, 0.1) is 24.1 Å². The Bertz CT molecular complexity index is 486. The number of nitrogens with one attached hydrogen (secondary N) is 1. The molecule has 1 saturated heterocycles. The van der Waals surface area contributed by atoms with Crippen molar-refractivity contribution in [2.75, 3.05) is 20.2 Å². The fourth-order valence-corrected chi connectivity index (χ4v) is 3.77. The molecule has 0 bridgehead atoms. The molecule has 1 N–H and O–H groups in total. The van der Waals surface area contributed by atoms with E-state index in [0.29, 0.717) is 6.10 Å². The van der Waals surface area contributed by atoms with Crippen molar-refractivity contribution in [3.05, 3.63) is 35.1 Å². The van der Waals surface area contributed by atoms with E-state index < -0.39 is 0 Å². The van der Waals surface area contributed by atoms with Gasteiger partial charge < -0.3 is 10.1 Å². The highest BCUT2D eigenvalue weighted by Crippen LogP contribution is 2.49. The molecule has 0 spiro atoms. The first-order chi connectivity index (χ1) is 9.64. The largest absolute Gasteiger partial charge is 0.377 e. The van der Waals surface area contributed by atoms with Crippen LogP contribution in [-0.4, -0.2) is 26.3 Å². The van der Waals surface area contributed by atoms with Gasteiger partial charge in [-0.05, 0) is 68.8 Å². The molecule has 0 amide bonds. The number of benzene rings is 1. The molecule has 0 radical (unpaired) electrons. The van der Waals surface area contributed by atoms with Crippen LogP contribution in [0.4, 0.5) is 4.39 Å². The summed E-state index contributed by atoms with van der Waals surface area (Å²) in [6.45, 7) is 3.85. The van der Waals surface area contributed by atoms with Gasteiger partial charge in [0.1, 0.15) is 5.82 Å². The van der Waals surface area contributed by atoms with E-state index in [1.165, 1.54) is 18.4 Å². The Morgan fingerprint density at radius 3 is 2.85 bits per heavy atom. The number of hydrogen-bond donors (Lipinski definition) is 1. The summed E-state index contributed by atoms with van der Waals surface area (Å²) in [5, 5.41) is 3.36. The molecule has 1 aliphatic heterocycles. The first-order valence-electron chi connectivity index (χ1n) is 7.66. The van der Waals surface area contributed by atoms with Crippen LogP contribution >= 0.6 is 0 Å². The summed E-state index contributed by atoms with van der Waals surface area (Å²) >= 11 is 0. The standard InChI is InChI=1S/C17H24FNO/c1-12-9-15(18)6-5-14(12)10-17(11-19-2)7-8-20-16(17)13-3-4-13/h5-6,9,13,16,19H,3-4,7-8,10-11H2,1-2H3. The molecular formula is C17H24FNO. The molecule has 2 nitrogen and oxygen atoms in total. The maximum Gasteiger partial charge on any atom is 0.123 e. The highest BCUT2D eigenvalue weighted by Gasteiger charge is 2.50. The van der Waals surface area contributed by atoms with E-state index >= 15 is 0 Å². The zero-order chi connectivity index (χ0) is 14.2. The maximum absolute atomic E-state index is 13.3. The van der Waals surface area contributed by atoms with Gasteiger partial charge in [0.05, 0.1) is 6.10 Å². The van der Waals surface area contributed by atoms with Gasteiger partial charge in [-0.2, -0.15) is 0 Å². The number of halogens is 1. The van der Waals surface area contributed by atoms with Crippen LogP contribution in [0.25, 0.3) is 0 Å². The smallest absolute Gasteiger partial charge is 0.123 e. The third kappa shape index (κ3) is 2.61. The van der Waals surface area contributed by atoms with Crippen LogP contribution in [0.3, 0.4) is 0 Å². The summed E-state index contributed by atoms with van der Waals surface area (Å²) in [6.07, 6.45) is 5.07. The Kier molecular flexibility index (Phi) is 3.83. The minimum absolute atomic E-state index is 0.143. The first-order valence-corrected chi connectivity index (χ1v) is 7.66. The molecule has 3 heteroatoms. The second kappa shape index (κ2) is 5.45. The van der Waals surface area contributed by atoms with E-state index in [1.807, 2.05) is 20.0 Å². The minimum Gasteiger partial charge on any atom is -0.377 e. The zero-order valence-electron chi connectivity index (χ0n) is 12.4. The van der Waals surface area contributed by atoms with Crippen molar-refractivity contribution in [1.29, 1.82) is 0 Å². The summed E-state index contributed by atoms with van der Waals surface area (Å²) in [5.74, 6) is 0.599. The number of hydrogen-bond acceptors (Lipinski definition) is 2. The van der Waals surface area contributed by atoms with Gasteiger partial charge in [0.2, 0.25) is 0 Å². The quantitative estimate of drug-likeness (QED) is 0.893. The molecule has 1 heterocycles. The lowest BCUT2D eigenvalue weighted by Crippen LogP contribution is -2.42. The van der Waals surface area contributed by atoms with E-state index in [-0.39, 0.29) is 11.2 Å². The molecule has 1 aromatic rings. The lowest BCUT2D eigenvalue weighted by atomic mass is 9.73. The van der Waals surface area contributed by atoms with E-state index in [2.05, 4.69) is 5.32 Å². The average Bonchev–Trinajstić information content (AvgIpc) is 3.16. The topological polar surface area (TPSA) is 21.3 Å². The van der Waals surface area contributed by atoms with E-state index in [1.54, 1.807) is 12.1 Å². The highest BCUT2D eigenvalue weighted by molar-refractivity contribution is 5.28. The molecule has 2 atom stereocenters. The Balaban J connectivity index is 1.86. The molecule has 3 rings (SSSR count). The van der Waals surface area contributed by atoms with Gasteiger partial charge in [-0.15, -0.1) is 0 Å². The minimum atomic E-state index is -0.143. The van der Waals surface area contributed by atoms with Crippen molar-refractivity contribution in [3.63, 3.8) is 0 Å². The van der Waals surface area contributed by atoms with Gasteiger partial charge in [-0.25, -0.2) is 4.39 Å². The van der Waals surface area contributed by atoms with Crippen molar-refractivity contribution in [2.24, 2.45) is 11.3 Å². The van der Waals surface area contributed by atoms with Gasteiger partial charge in [0, 0.05) is 18.6 Å². The lowest BCUT2D eigenvalue weighted by Gasteiger charge is -2.35. The van der Waals surface area contributed by atoms with Gasteiger partial charge in [0.25, 0.3) is 0 Å².